The average molecular weight is 254 g/mol. The van der Waals surface area contributed by atoms with Crippen molar-refractivity contribution < 1.29 is 4.79 Å². The highest BCUT2D eigenvalue weighted by atomic mass is 35.5. The molecule has 0 saturated heterocycles. The maximum Gasteiger partial charge on any atom is 0.152 e. The van der Waals surface area contributed by atoms with E-state index in [9.17, 15) is 4.79 Å². The molecule has 2 nitrogen and oxygen atoms in total. The van der Waals surface area contributed by atoms with Crippen LogP contribution in [0, 0.1) is 0 Å². The van der Waals surface area contributed by atoms with Gasteiger partial charge in [-0.15, -0.1) is 0 Å². The molecule has 1 aromatic heterocycles. The molecular weight excluding hydrogens is 245 g/mol. The predicted octanol–water partition coefficient (Wildman–Crippen LogP) is 3.86. The van der Waals surface area contributed by atoms with Crippen molar-refractivity contribution in [3.63, 3.8) is 0 Å². The molecule has 0 unspecified atom stereocenters. The molecule has 1 heterocycles. The third kappa shape index (κ3) is 1.99. The number of hydrogen-bond donors (Lipinski definition) is 0. The summed E-state index contributed by atoms with van der Waals surface area (Å²) in [4.78, 5) is 10.9. The normalized spacial score (nSPS) is 10.6. The number of allylic oxidation sites excluding steroid dienone is 1. The molecule has 2 rings (SSSR count). The summed E-state index contributed by atoms with van der Waals surface area (Å²) in [6.45, 7) is 4.10. The summed E-state index contributed by atoms with van der Waals surface area (Å²) in [6, 6.07) is 5.40. The Kier molecular flexibility index (Phi) is 3.03. The summed E-state index contributed by atoms with van der Waals surface area (Å²) in [5.41, 5.74) is 1.51. The van der Waals surface area contributed by atoms with Gasteiger partial charge in [0.15, 0.2) is 6.29 Å². The van der Waals surface area contributed by atoms with Crippen LogP contribution in [-0.4, -0.2) is 10.9 Å². The summed E-state index contributed by atoms with van der Waals surface area (Å²) in [5.74, 6) is 0. The predicted molar refractivity (Wildman–Crippen MR) is 67.3 cm³/mol. The van der Waals surface area contributed by atoms with Crippen LogP contribution in [0.4, 0.5) is 0 Å². The number of aldehydes is 1. The van der Waals surface area contributed by atoms with Gasteiger partial charge in [0.25, 0.3) is 0 Å². The van der Waals surface area contributed by atoms with E-state index in [1.165, 1.54) is 0 Å². The largest absolute Gasteiger partial charge is 0.341 e. The number of nitrogens with zero attached hydrogens (tertiary/aromatic N) is 1. The van der Waals surface area contributed by atoms with Gasteiger partial charge in [0, 0.05) is 27.2 Å². The first-order valence-corrected chi connectivity index (χ1v) is 5.44. The van der Waals surface area contributed by atoms with Crippen LogP contribution in [0.15, 0.2) is 36.0 Å². The second kappa shape index (κ2) is 4.32. The molecule has 4 heteroatoms. The molecule has 0 aliphatic rings. The highest BCUT2D eigenvalue weighted by molar-refractivity contribution is 6.31. The lowest BCUT2D eigenvalue weighted by Crippen LogP contribution is -1.94. The van der Waals surface area contributed by atoms with Crippen LogP contribution in [-0.2, 0) is 6.54 Å². The van der Waals surface area contributed by atoms with Crippen LogP contribution in [0.2, 0.25) is 5.02 Å². The third-order valence-electron chi connectivity index (χ3n) is 2.34. The number of hydrogen-bond acceptors (Lipinski definition) is 1. The fourth-order valence-electron chi connectivity index (χ4n) is 1.70. The quantitative estimate of drug-likeness (QED) is 0.762. The lowest BCUT2D eigenvalue weighted by atomic mass is 10.2. The van der Waals surface area contributed by atoms with Crippen molar-refractivity contribution >= 4 is 40.4 Å². The van der Waals surface area contributed by atoms with E-state index in [0.29, 0.717) is 22.2 Å². The SMILES string of the molecule is C=C(Cl)Cn1cc(C=O)c2ccc(Cl)cc21. The van der Waals surface area contributed by atoms with Crippen LogP contribution in [0.25, 0.3) is 10.9 Å². The molecule has 0 amide bonds. The lowest BCUT2D eigenvalue weighted by Gasteiger charge is -2.03. The number of rotatable bonds is 3. The van der Waals surface area contributed by atoms with Gasteiger partial charge in [-0.05, 0) is 12.1 Å². The standard InChI is InChI=1S/C12H9Cl2NO/c1-8(13)5-15-6-9(7-16)11-3-2-10(14)4-12(11)15/h2-4,6-7H,1,5H2. The first-order chi connectivity index (χ1) is 7.61. The summed E-state index contributed by atoms with van der Waals surface area (Å²) in [7, 11) is 0. The Morgan fingerprint density at radius 1 is 1.50 bits per heavy atom. The smallest absolute Gasteiger partial charge is 0.152 e. The van der Waals surface area contributed by atoms with Crippen molar-refractivity contribution in [1.29, 1.82) is 0 Å². The van der Waals surface area contributed by atoms with Crippen LogP contribution in [0.1, 0.15) is 10.4 Å². The molecule has 0 radical (unpaired) electrons. The minimum atomic E-state index is 0.465. The van der Waals surface area contributed by atoms with Gasteiger partial charge in [0.1, 0.15) is 0 Å². The van der Waals surface area contributed by atoms with Crippen molar-refractivity contribution in [1.82, 2.24) is 4.57 Å². The van der Waals surface area contributed by atoms with Crippen LogP contribution >= 0.6 is 23.2 Å². The van der Waals surface area contributed by atoms with E-state index in [1.807, 2.05) is 16.7 Å². The van der Waals surface area contributed by atoms with E-state index < -0.39 is 0 Å². The molecule has 0 N–H and O–H groups in total. The van der Waals surface area contributed by atoms with Gasteiger partial charge < -0.3 is 4.57 Å². The van der Waals surface area contributed by atoms with E-state index in [-0.39, 0.29) is 0 Å². The molecule has 16 heavy (non-hydrogen) atoms. The molecule has 0 saturated carbocycles. The van der Waals surface area contributed by atoms with Crippen LogP contribution < -0.4 is 0 Å². The highest BCUT2D eigenvalue weighted by Gasteiger charge is 2.08. The molecule has 0 atom stereocenters. The second-order valence-corrected chi connectivity index (χ2v) is 4.48. The summed E-state index contributed by atoms with van der Waals surface area (Å²) >= 11 is 11.7. The van der Waals surface area contributed by atoms with Crippen LogP contribution in [0.5, 0.6) is 0 Å². The van der Waals surface area contributed by atoms with Gasteiger partial charge in [0.05, 0.1) is 12.1 Å². The summed E-state index contributed by atoms with van der Waals surface area (Å²) in [6.07, 6.45) is 2.57. The molecule has 82 valence electrons. The first kappa shape index (κ1) is 11.2. The Bertz CT molecular complexity index is 572. The fourth-order valence-corrected chi connectivity index (χ4v) is 2.00. The second-order valence-electron chi connectivity index (χ2n) is 3.51. The Labute approximate surface area is 103 Å². The Balaban J connectivity index is 2.68. The molecular formula is C12H9Cl2NO. The minimum Gasteiger partial charge on any atom is -0.341 e. The summed E-state index contributed by atoms with van der Waals surface area (Å²) < 4.78 is 1.86. The maximum atomic E-state index is 10.9. The molecule has 0 aliphatic heterocycles. The van der Waals surface area contributed by atoms with E-state index >= 15 is 0 Å². The van der Waals surface area contributed by atoms with Gasteiger partial charge in [-0.2, -0.15) is 0 Å². The molecule has 0 aliphatic carbocycles. The zero-order chi connectivity index (χ0) is 11.7. The van der Waals surface area contributed by atoms with Gasteiger partial charge in [-0.3, -0.25) is 4.79 Å². The first-order valence-electron chi connectivity index (χ1n) is 4.68. The average Bonchev–Trinajstić information content (AvgIpc) is 2.55. The van der Waals surface area contributed by atoms with Crippen molar-refractivity contribution in [2.24, 2.45) is 0 Å². The van der Waals surface area contributed by atoms with Crippen molar-refractivity contribution in [3.8, 4) is 0 Å². The Hall–Kier alpha value is -1.25. The van der Waals surface area contributed by atoms with Crippen molar-refractivity contribution in [2.75, 3.05) is 0 Å². The van der Waals surface area contributed by atoms with Gasteiger partial charge >= 0.3 is 0 Å². The monoisotopic (exact) mass is 253 g/mol. The fraction of sp³-hybridized carbons (Fsp3) is 0.0833. The van der Waals surface area contributed by atoms with Gasteiger partial charge in [0.2, 0.25) is 0 Å². The molecule has 0 fully saturated rings. The third-order valence-corrected chi connectivity index (χ3v) is 2.70. The van der Waals surface area contributed by atoms with E-state index in [2.05, 4.69) is 6.58 Å². The summed E-state index contributed by atoms with van der Waals surface area (Å²) in [5, 5.41) is 2.01. The number of halogens is 2. The molecule has 2 aromatic rings. The number of fused-ring (bicyclic) bond motifs is 1. The lowest BCUT2D eigenvalue weighted by molar-refractivity contribution is 0.112. The van der Waals surface area contributed by atoms with E-state index in [4.69, 9.17) is 23.2 Å². The molecule has 0 spiro atoms. The zero-order valence-electron chi connectivity index (χ0n) is 8.41. The molecule has 1 aromatic carbocycles. The minimum absolute atomic E-state index is 0.465. The number of carbonyl (C=O) groups is 1. The Morgan fingerprint density at radius 3 is 2.88 bits per heavy atom. The highest BCUT2D eigenvalue weighted by Crippen LogP contribution is 2.24. The van der Waals surface area contributed by atoms with E-state index in [1.54, 1.807) is 12.3 Å². The van der Waals surface area contributed by atoms with Crippen molar-refractivity contribution in [2.45, 2.75) is 6.54 Å². The number of benzene rings is 1. The Morgan fingerprint density at radius 2 is 2.25 bits per heavy atom. The zero-order valence-corrected chi connectivity index (χ0v) is 9.92. The maximum absolute atomic E-state index is 10.9. The van der Waals surface area contributed by atoms with Crippen LogP contribution in [0.3, 0.4) is 0 Å². The van der Waals surface area contributed by atoms with Crippen molar-refractivity contribution in [3.05, 3.63) is 46.6 Å². The molecule has 0 bridgehead atoms. The van der Waals surface area contributed by atoms with Gasteiger partial charge in [-0.1, -0.05) is 35.8 Å². The van der Waals surface area contributed by atoms with E-state index in [0.717, 1.165) is 17.2 Å². The van der Waals surface area contributed by atoms with Gasteiger partial charge in [-0.25, -0.2) is 0 Å². The number of carbonyl (C=O) groups excluding carboxylic acids is 1. The number of aromatic nitrogens is 1. The topological polar surface area (TPSA) is 22.0 Å².